The maximum atomic E-state index is 15.1. The number of carbonyl (C=O) groups excluding carboxylic acids is 3. The maximum Gasteiger partial charge on any atom is 0.251 e. The number of rotatable bonds is 10. The number of nitrogens with zero attached hydrogens (tertiary/aromatic N) is 5. The van der Waals surface area contributed by atoms with Crippen molar-refractivity contribution in [2.75, 3.05) is 16.1 Å². The molecule has 3 aromatic rings. The van der Waals surface area contributed by atoms with E-state index in [1.807, 2.05) is 6.07 Å². The number of benzene rings is 2. The molecule has 0 unspecified atom stereocenters. The minimum absolute atomic E-state index is 0.00732. The Balaban J connectivity index is 1.59. The molecule has 0 radical (unpaired) electrons. The molecule has 0 bridgehead atoms. The van der Waals surface area contributed by atoms with Crippen molar-refractivity contribution < 1.29 is 27.6 Å². The second-order valence-electron chi connectivity index (χ2n) is 11.5. The molecular formula is C33H31ClF3N5O3S. The highest BCUT2D eigenvalue weighted by Crippen LogP contribution is 2.41. The Labute approximate surface area is 273 Å². The molecule has 2 aliphatic rings. The first-order chi connectivity index (χ1) is 22.0. The zero-order chi connectivity index (χ0) is 33.0. The number of halogens is 4. The lowest BCUT2D eigenvalue weighted by Crippen LogP contribution is -2.50. The van der Waals surface area contributed by atoms with Crippen LogP contribution in [0.15, 0.2) is 59.6 Å². The maximum absolute atomic E-state index is 15.1. The summed E-state index contributed by atoms with van der Waals surface area (Å²) in [7, 11) is 0. The molecule has 2 fully saturated rings. The van der Waals surface area contributed by atoms with Gasteiger partial charge in [-0.2, -0.15) is 5.26 Å². The zero-order valence-corrected chi connectivity index (χ0v) is 26.5. The first-order valence-corrected chi connectivity index (χ1v) is 16.5. The van der Waals surface area contributed by atoms with Crippen LogP contribution < -0.4 is 9.80 Å². The van der Waals surface area contributed by atoms with E-state index in [0.717, 1.165) is 11.0 Å². The average Bonchev–Trinajstić information content (AvgIpc) is 3.44. The first kappa shape index (κ1) is 33.4. The second-order valence-corrected chi connectivity index (χ2v) is 12.7. The number of ketones is 1. The summed E-state index contributed by atoms with van der Waals surface area (Å²) in [6.45, 7) is 0. The van der Waals surface area contributed by atoms with Crippen LogP contribution >= 0.6 is 23.4 Å². The summed E-state index contributed by atoms with van der Waals surface area (Å²) >= 11 is 7.89. The van der Waals surface area contributed by atoms with Crippen LogP contribution in [0.3, 0.4) is 0 Å². The normalized spacial score (nSPS) is 18.7. The van der Waals surface area contributed by atoms with Gasteiger partial charge in [-0.15, -0.1) is 11.8 Å². The molecule has 240 valence electrons. The number of carbonyl (C=O) groups is 3. The van der Waals surface area contributed by atoms with Crippen molar-refractivity contribution in [2.45, 2.75) is 74.3 Å². The Bertz CT molecular complexity index is 1680. The summed E-state index contributed by atoms with van der Waals surface area (Å²) in [5, 5.41) is 9.57. The lowest BCUT2D eigenvalue weighted by atomic mass is 9.82. The van der Waals surface area contributed by atoms with E-state index in [-0.39, 0.29) is 73.2 Å². The third kappa shape index (κ3) is 7.37. The van der Waals surface area contributed by atoms with Crippen LogP contribution in [0.25, 0.3) is 0 Å². The Morgan fingerprint density at radius 1 is 1.17 bits per heavy atom. The molecule has 46 heavy (non-hydrogen) atoms. The van der Waals surface area contributed by atoms with Crippen LogP contribution in [-0.2, 0) is 14.4 Å². The highest BCUT2D eigenvalue weighted by atomic mass is 35.5. The Hall–Kier alpha value is -3.95. The van der Waals surface area contributed by atoms with Crippen molar-refractivity contribution in [3.63, 3.8) is 0 Å². The van der Waals surface area contributed by atoms with Crippen LogP contribution in [0.1, 0.15) is 68.7 Å². The molecule has 1 aliphatic carbocycles. The number of amides is 2. The Kier molecular flexibility index (Phi) is 10.3. The highest BCUT2D eigenvalue weighted by molar-refractivity contribution is 7.98. The summed E-state index contributed by atoms with van der Waals surface area (Å²) < 4.78 is 42.7. The van der Waals surface area contributed by atoms with Gasteiger partial charge >= 0.3 is 0 Å². The smallest absolute Gasteiger partial charge is 0.251 e. The minimum Gasteiger partial charge on any atom is -0.297 e. The first-order valence-electron chi connectivity index (χ1n) is 14.9. The predicted octanol–water partition coefficient (Wildman–Crippen LogP) is 7.31. The van der Waals surface area contributed by atoms with Gasteiger partial charge in [0.1, 0.15) is 29.7 Å². The quantitative estimate of drug-likeness (QED) is 0.208. The lowest BCUT2D eigenvalue weighted by Gasteiger charge is -2.36. The van der Waals surface area contributed by atoms with E-state index >= 15 is 4.39 Å². The highest BCUT2D eigenvalue weighted by Gasteiger charge is 2.45. The molecule has 8 nitrogen and oxygen atoms in total. The van der Waals surface area contributed by atoms with Gasteiger partial charge in [0.05, 0.1) is 0 Å². The molecule has 5 rings (SSSR count). The van der Waals surface area contributed by atoms with Gasteiger partial charge in [0.2, 0.25) is 17.8 Å². The summed E-state index contributed by atoms with van der Waals surface area (Å²) in [4.78, 5) is 53.2. The molecule has 0 N–H and O–H groups in total. The fourth-order valence-electron chi connectivity index (χ4n) is 6.09. The van der Waals surface area contributed by atoms with E-state index in [2.05, 4.69) is 9.97 Å². The van der Waals surface area contributed by atoms with Crippen molar-refractivity contribution in [2.24, 2.45) is 5.92 Å². The molecule has 2 atom stereocenters. The lowest BCUT2D eigenvalue weighted by molar-refractivity contribution is -0.126. The number of nitriles is 1. The van der Waals surface area contributed by atoms with Gasteiger partial charge in [-0.25, -0.2) is 23.1 Å². The van der Waals surface area contributed by atoms with Crippen molar-refractivity contribution >= 4 is 52.6 Å². The molecule has 2 amide bonds. The second kappa shape index (κ2) is 14.2. The fraction of sp³-hybridized carbons (Fsp3) is 0.394. The standard InChI is InChI=1S/C33H31ClF3N5O3S/c1-46-24-17-21(35)16-23(18-24)41(31(45)27-7-9-29(44)42(27)32-39-15-12-22(19-38)40-32)30(25-4-2-3-5-26(25)34)28(43)8-6-20-10-13-33(36,37)14-11-20/h2-5,12,15-18,20,27,30H,6-11,13-14H2,1H3/t27-,30-/m0/s1. The SMILES string of the molecule is CSc1cc(F)cc(N(C(=O)[C@@H]2CCC(=O)N2c2nccc(C#N)n2)[C@H](C(=O)CCC2CCC(F)(F)CC2)c2ccccc2Cl)c1. The van der Waals surface area contributed by atoms with Crippen LogP contribution in [0.5, 0.6) is 0 Å². The number of hydrogen-bond acceptors (Lipinski definition) is 7. The monoisotopic (exact) mass is 669 g/mol. The van der Waals surface area contributed by atoms with Gasteiger partial charge in [0, 0.05) is 53.0 Å². The van der Waals surface area contributed by atoms with Crippen LogP contribution in [0.2, 0.25) is 5.02 Å². The predicted molar refractivity (Wildman–Crippen MR) is 168 cm³/mol. The summed E-state index contributed by atoms with van der Waals surface area (Å²) in [6, 6.07) is 11.3. The molecule has 13 heteroatoms. The molecule has 2 aromatic carbocycles. The third-order valence-electron chi connectivity index (χ3n) is 8.48. The number of aromatic nitrogens is 2. The Morgan fingerprint density at radius 3 is 2.61 bits per heavy atom. The molecule has 2 heterocycles. The van der Waals surface area contributed by atoms with Crippen molar-refractivity contribution in [3.05, 3.63) is 76.8 Å². The van der Waals surface area contributed by atoms with E-state index < -0.39 is 41.4 Å². The van der Waals surface area contributed by atoms with E-state index in [1.54, 1.807) is 36.6 Å². The summed E-state index contributed by atoms with van der Waals surface area (Å²) in [6.07, 6.45) is 3.44. The van der Waals surface area contributed by atoms with E-state index in [9.17, 15) is 28.4 Å². The van der Waals surface area contributed by atoms with Gasteiger partial charge in [-0.1, -0.05) is 29.8 Å². The van der Waals surface area contributed by atoms with Gasteiger partial charge in [0.25, 0.3) is 5.91 Å². The van der Waals surface area contributed by atoms with E-state index in [0.29, 0.717) is 16.9 Å². The third-order valence-corrected chi connectivity index (χ3v) is 9.53. The number of anilines is 2. The van der Waals surface area contributed by atoms with Crippen LogP contribution in [-0.4, -0.2) is 45.8 Å². The Morgan fingerprint density at radius 2 is 1.91 bits per heavy atom. The van der Waals surface area contributed by atoms with Gasteiger partial charge in [-0.05, 0) is 68.2 Å². The average molecular weight is 670 g/mol. The van der Waals surface area contributed by atoms with Crippen LogP contribution in [0.4, 0.5) is 24.8 Å². The van der Waals surface area contributed by atoms with Gasteiger partial charge in [0.15, 0.2) is 5.78 Å². The van der Waals surface area contributed by atoms with Crippen molar-refractivity contribution in [1.82, 2.24) is 9.97 Å². The molecule has 1 saturated carbocycles. The molecule has 1 saturated heterocycles. The summed E-state index contributed by atoms with van der Waals surface area (Å²) in [5.41, 5.74) is 0.370. The molecule has 1 aliphatic heterocycles. The van der Waals surface area contributed by atoms with E-state index in [4.69, 9.17) is 11.6 Å². The number of alkyl halides is 2. The fourth-order valence-corrected chi connectivity index (χ4v) is 6.80. The largest absolute Gasteiger partial charge is 0.297 e. The zero-order valence-electron chi connectivity index (χ0n) is 25.0. The van der Waals surface area contributed by atoms with Gasteiger partial charge in [-0.3, -0.25) is 24.2 Å². The van der Waals surface area contributed by atoms with Crippen LogP contribution in [0, 0.1) is 23.1 Å². The van der Waals surface area contributed by atoms with Crippen molar-refractivity contribution in [1.29, 1.82) is 5.26 Å². The molecule has 0 spiro atoms. The number of thioether (sulfide) groups is 1. The molecular weight excluding hydrogens is 639 g/mol. The van der Waals surface area contributed by atoms with Gasteiger partial charge < -0.3 is 0 Å². The summed E-state index contributed by atoms with van der Waals surface area (Å²) in [5.74, 6) is -5.14. The van der Waals surface area contributed by atoms with E-state index in [1.165, 1.54) is 35.0 Å². The molecule has 1 aromatic heterocycles. The number of hydrogen-bond donors (Lipinski definition) is 0. The topological polar surface area (TPSA) is 107 Å². The van der Waals surface area contributed by atoms with Crippen molar-refractivity contribution in [3.8, 4) is 6.07 Å². The minimum atomic E-state index is -2.71. The number of Topliss-reactive ketones (excluding diaryl/α,β-unsaturated/α-hetero) is 1.